The third-order valence-electron chi connectivity index (χ3n) is 2.77. The van der Waals surface area contributed by atoms with Crippen molar-refractivity contribution >= 4 is 6.09 Å². The Morgan fingerprint density at radius 3 is 2.94 bits per heavy atom. The maximum Gasteiger partial charge on any atom is 0.410 e. The van der Waals surface area contributed by atoms with E-state index in [1.165, 1.54) is 0 Å². The van der Waals surface area contributed by atoms with Crippen LogP contribution in [0.15, 0.2) is 24.3 Å². The van der Waals surface area contributed by atoms with Crippen LogP contribution in [-0.4, -0.2) is 37.3 Å². The third-order valence-corrected chi connectivity index (χ3v) is 2.77. The number of benzene rings is 1. The molecule has 1 amide bonds. The fourth-order valence-corrected chi connectivity index (χ4v) is 1.87. The fraction of sp³-hybridized carbons (Fsp3) is 0.417. The lowest BCUT2D eigenvalue weighted by atomic mass is 10.2. The van der Waals surface area contributed by atoms with Gasteiger partial charge in [0.05, 0.1) is 20.2 Å². The molecule has 1 aromatic carbocycles. The van der Waals surface area contributed by atoms with Crippen LogP contribution in [0.1, 0.15) is 5.56 Å². The number of nitrogens with two attached hydrogens (primary N) is 1. The van der Waals surface area contributed by atoms with Gasteiger partial charge in [0, 0.05) is 12.1 Å². The first kappa shape index (κ1) is 11.7. The highest BCUT2D eigenvalue weighted by atomic mass is 16.6. The number of ether oxygens (including phenoxy) is 2. The normalized spacial score (nSPS) is 19.3. The van der Waals surface area contributed by atoms with Crippen LogP contribution in [0.25, 0.3) is 0 Å². The molecule has 1 saturated heterocycles. The molecule has 0 aromatic heterocycles. The van der Waals surface area contributed by atoms with Gasteiger partial charge in [-0.1, -0.05) is 18.2 Å². The number of carbonyl (C=O) groups is 1. The number of carbonyl (C=O) groups excluding carboxylic acids is 1. The van der Waals surface area contributed by atoms with Crippen molar-refractivity contribution in [1.29, 1.82) is 0 Å². The highest BCUT2D eigenvalue weighted by Crippen LogP contribution is 2.21. The van der Waals surface area contributed by atoms with Gasteiger partial charge >= 0.3 is 6.09 Å². The van der Waals surface area contributed by atoms with E-state index in [1.807, 2.05) is 24.3 Å². The number of nitrogens with zero attached hydrogens (tertiary/aromatic N) is 1. The Balaban J connectivity index is 2.08. The molecule has 0 saturated carbocycles. The Bertz CT molecular complexity index is 408. The van der Waals surface area contributed by atoms with Gasteiger partial charge in [0.15, 0.2) is 0 Å². The summed E-state index contributed by atoms with van der Waals surface area (Å²) in [6.45, 7) is 1.38. The van der Waals surface area contributed by atoms with Gasteiger partial charge in [0.2, 0.25) is 0 Å². The summed E-state index contributed by atoms with van der Waals surface area (Å²) in [6, 6.07) is 7.62. The molecule has 0 radical (unpaired) electrons. The van der Waals surface area contributed by atoms with E-state index in [0.29, 0.717) is 19.6 Å². The second-order valence-electron chi connectivity index (χ2n) is 3.93. The van der Waals surface area contributed by atoms with Crippen LogP contribution in [0.2, 0.25) is 0 Å². The van der Waals surface area contributed by atoms with Crippen LogP contribution in [0.5, 0.6) is 5.75 Å². The predicted octanol–water partition coefficient (Wildman–Crippen LogP) is 0.975. The van der Waals surface area contributed by atoms with Crippen molar-refractivity contribution in [3.05, 3.63) is 29.8 Å². The van der Waals surface area contributed by atoms with Gasteiger partial charge in [0.1, 0.15) is 11.9 Å². The van der Waals surface area contributed by atoms with Crippen molar-refractivity contribution in [2.45, 2.75) is 12.6 Å². The van der Waals surface area contributed by atoms with Crippen LogP contribution < -0.4 is 10.5 Å². The van der Waals surface area contributed by atoms with Crippen molar-refractivity contribution in [3.8, 4) is 5.75 Å². The average molecular weight is 236 g/mol. The lowest BCUT2D eigenvalue weighted by Gasteiger charge is -2.15. The molecule has 1 atom stereocenters. The molecule has 17 heavy (non-hydrogen) atoms. The van der Waals surface area contributed by atoms with Crippen molar-refractivity contribution in [1.82, 2.24) is 4.90 Å². The standard InChI is InChI=1S/C12H16N2O3/c1-16-11-5-3-2-4-9(11)7-14-8-10(6-13)17-12(14)15/h2-5,10H,6-8,13H2,1H3/t10-/m0/s1. The molecule has 1 fully saturated rings. The Labute approximate surface area is 100 Å². The molecule has 0 spiro atoms. The summed E-state index contributed by atoms with van der Waals surface area (Å²) < 4.78 is 10.3. The maximum absolute atomic E-state index is 11.6. The van der Waals surface area contributed by atoms with E-state index >= 15 is 0 Å². The topological polar surface area (TPSA) is 64.8 Å². The molecule has 2 N–H and O–H groups in total. The minimum atomic E-state index is -0.314. The zero-order chi connectivity index (χ0) is 12.3. The molecule has 1 heterocycles. The monoisotopic (exact) mass is 236 g/mol. The molecule has 5 heteroatoms. The van der Waals surface area contributed by atoms with Crippen molar-refractivity contribution in [2.24, 2.45) is 5.73 Å². The van der Waals surface area contributed by atoms with Crippen LogP contribution in [-0.2, 0) is 11.3 Å². The molecule has 5 nitrogen and oxygen atoms in total. The maximum atomic E-state index is 11.6. The molecular formula is C12H16N2O3. The van der Waals surface area contributed by atoms with E-state index in [-0.39, 0.29) is 12.2 Å². The number of hydrogen-bond acceptors (Lipinski definition) is 4. The molecule has 2 rings (SSSR count). The number of cyclic esters (lactones) is 1. The van der Waals surface area contributed by atoms with Crippen LogP contribution in [0.4, 0.5) is 4.79 Å². The molecule has 0 bridgehead atoms. The summed E-state index contributed by atoms with van der Waals surface area (Å²) in [4.78, 5) is 13.2. The van der Waals surface area contributed by atoms with E-state index in [9.17, 15) is 4.79 Å². The van der Waals surface area contributed by atoms with Gasteiger partial charge in [-0.3, -0.25) is 4.90 Å². The summed E-state index contributed by atoms with van der Waals surface area (Å²) in [7, 11) is 1.61. The quantitative estimate of drug-likeness (QED) is 0.846. The van der Waals surface area contributed by atoms with Crippen molar-refractivity contribution in [2.75, 3.05) is 20.2 Å². The molecule has 92 valence electrons. The zero-order valence-corrected chi connectivity index (χ0v) is 9.76. The summed E-state index contributed by atoms with van der Waals surface area (Å²) in [5.74, 6) is 0.775. The molecular weight excluding hydrogens is 220 g/mol. The summed E-state index contributed by atoms with van der Waals surface area (Å²) in [5, 5.41) is 0. The molecule has 1 aliphatic rings. The first-order valence-corrected chi connectivity index (χ1v) is 5.52. The predicted molar refractivity (Wildman–Crippen MR) is 62.7 cm³/mol. The minimum absolute atomic E-state index is 0.197. The summed E-state index contributed by atoms with van der Waals surface area (Å²) in [6.07, 6.45) is -0.511. The van der Waals surface area contributed by atoms with Gasteiger partial charge in [-0.15, -0.1) is 0 Å². The molecule has 1 aliphatic heterocycles. The van der Waals surface area contributed by atoms with Gasteiger partial charge in [0.25, 0.3) is 0 Å². The number of para-hydroxylation sites is 1. The SMILES string of the molecule is COc1ccccc1CN1C[C@H](CN)OC1=O. The highest BCUT2D eigenvalue weighted by Gasteiger charge is 2.30. The van der Waals surface area contributed by atoms with Gasteiger partial charge in [-0.05, 0) is 6.07 Å². The molecule has 1 aromatic rings. The van der Waals surface area contributed by atoms with Gasteiger partial charge in [-0.2, -0.15) is 0 Å². The smallest absolute Gasteiger partial charge is 0.410 e. The Morgan fingerprint density at radius 1 is 1.53 bits per heavy atom. The zero-order valence-electron chi connectivity index (χ0n) is 9.76. The lowest BCUT2D eigenvalue weighted by molar-refractivity contribution is 0.134. The molecule has 0 unspecified atom stereocenters. The van der Waals surface area contributed by atoms with E-state index in [2.05, 4.69) is 0 Å². The van der Waals surface area contributed by atoms with Crippen molar-refractivity contribution in [3.63, 3.8) is 0 Å². The van der Waals surface area contributed by atoms with Gasteiger partial charge in [-0.25, -0.2) is 4.79 Å². The number of rotatable bonds is 4. The Kier molecular flexibility index (Phi) is 3.49. The van der Waals surface area contributed by atoms with E-state index < -0.39 is 0 Å². The second kappa shape index (κ2) is 5.05. The van der Waals surface area contributed by atoms with Crippen LogP contribution >= 0.6 is 0 Å². The average Bonchev–Trinajstić information content (AvgIpc) is 2.71. The van der Waals surface area contributed by atoms with Gasteiger partial charge < -0.3 is 15.2 Å². The van der Waals surface area contributed by atoms with Crippen molar-refractivity contribution < 1.29 is 14.3 Å². The second-order valence-corrected chi connectivity index (χ2v) is 3.93. The van der Waals surface area contributed by atoms with Crippen LogP contribution in [0.3, 0.4) is 0 Å². The van der Waals surface area contributed by atoms with E-state index in [1.54, 1.807) is 12.0 Å². The Morgan fingerprint density at radius 2 is 2.29 bits per heavy atom. The minimum Gasteiger partial charge on any atom is -0.496 e. The number of hydrogen-bond donors (Lipinski definition) is 1. The highest BCUT2D eigenvalue weighted by molar-refractivity contribution is 5.70. The van der Waals surface area contributed by atoms with E-state index in [4.69, 9.17) is 15.2 Å². The summed E-state index contributed by atoms with van der Waals surface area (Å²) in [5.41, 5.74) is 6.44. The number of methoxy groups -OCH3 is 1. The third kappa shape index (κ3) is 2.50. The Hall–Kier alpha value is -1.75. The summed E-state index contributed by atoms with van der Waals surface area (Å²) >= 11 is 0. The largest absolute Gasteiger partial charge is 0.496 e. The first-order chi connectivity index (χ1) is 8.24. The lowest BCUT2D eigenvalue weighted by Crippen LogP contribution is -2.27. The fourth-order valence-electron chi connectivity index (χ4n) is 1.87. The van der Waals surface area contributed by atoms with Crippen LogP contribution in [0, 0.1) is 0 Å². The first-order valence-electron chi connectivity index (χ1n) is 5.52. The number of amides is 1. The van der Waals surface area contributed by atoms with E-state index in [0.717, 1.165) is 11.3 Å². The molecule has 0 aliphatic carbocycles.